The summed E-state index contributed by atoms with van der Waals surface area (Å²) < 4.78 is 4.91. The lowest BCUT2D eigenvalue weighted by Gasteiger charge is -2.09. The van der Waals surface area contributed by atoms with Crippen molar-refractivity contribution in [2.75, 3.05) is 12.4 Å². The van der Waals surface area contributed by atoms with Crippen molar-refractivity contribution in [3.63, 3.8) is 0 Å². The molecule has 3 aromatic rings. The van der Waals surface area contributed by atoms with E-state index in [1.165, 1.54) is 7.11 Å². The number of carbonyl (C=O) groups excluding carboxylic acids is 1. The number of thiocarbonyl (C=S) groups is 1. The molecule has 0 bridgehead atoms. The van der Waals surface area contributed by atoms with Gasteiger partial charge in [-0.1, -0.05) is 36.4 Å². The minimum atomic E-state index is -0.445. The average Bonchev–Trinajstić information content (AvgIpc) is 3.06. The lowest BCUT2D eigenvalue weighted by molar-refractivity contribution is -0.133. The van der Waals surface area contributed by atoms with Crippen molar-refractivity contribution < 1.29 is 9.53 Å². The molecule has 0 unspecified atom stereocenters. The average molecular weight is 351 g/mol. The van der Waals surface area contributed by atoms with Crippen LogP contribution in [0.3, 0.4) is 0 Å². The van der Waals surface area contributed by atoms with Crippen molar-refractivity contribution in [2.45, 2.75) is 0 Å². The van der Waals surface area contributed by atoms with Gasteiger partial charge in [-0.25, -0.2) is 4.79 Å². The molecular formula is C19H17N3O2S. The summed E-state index contributed by atoms with van der Waals surface area (Å²) in [6.07, 6.45) is 3.34. The summed E-state index contributed by atoms with van der Waals surface area (Å²) in [5.74, 6) is -0.445. The van der Waals surface area contributed by atoms with Gasteiger partial charge in [-0.05, 0) is 30.4 Å². The number of aromatic amines is 1. The standard InChI is InChI=1S/C19H17N3O2S/c1-24-18(23)16(15-11-20-17-10-6-5-9-14(15)17)12-21-19(25)22-13-7-3-2-4-8-13/h2-12,20H,1H3,(H2,21,22,25)/b16-12+. The summed E-state index contributed by atoms with van der Waals surface area (Å²) >= 11 is 5.28. The number of para-hydroxylation sites is 2. The van der Waals surface area contributed by atoms with E-state index >= 15 is 0 Å². The van der Waals surface area contributed by atoms with E-state index in [-0.39, 0.29) is 0 Å². The van der Waals surface area contributed by atoms with Crippen LogP contribution in [0.15, 0.2) is 67.0 Å². The number of hydrogen-bond acceptors (Lipinski definition) is 3. The molecule has 0 aliphatic rings. The summed E-state index contributed by atoms with van der Waals surface area (Å²) in [6.45, 7) is 0. The number of hydrogen-bond donors (Lipinski definition) is 3. The Balaban J connectivity index is 1.85. The summed E-state index contributed by atoms with van der Waals surface area (Å²) in [5.41, 5.74) is 2.94. The van der Waals surface area contributed by atoms with E-state index in [0.29, 0.717) is 10.7 Å². The van der Waals surface area contributed by atoms with Crippen LogP contribution in [0.1, 0.15) is 5.56 Å². The Morgan fingerprint density at radius 3 is 2.60 bits per heavy atom. The van der Waals surface area contributed by atoms with Crippen molar-refractivity contribution in [1.82, 2.24) is 10.3 Å². The van der Waals surface area contributed by atoms with Crippen LogP contribution in [0.5, 0.6) is 0 Å². The molecule has 126 valence electrons. The third-order valence-electron chi connectivity index (χ3n) is 3.66. The molecule has 1 heterocycles. The van der Waals surface area contributed by atoms with Gasteiger partial charge in [0.25, 0.3) is 0 Å². The van der Waals surface area contributed by atoms with E-state index in [0.717, 1.165) is 22.2 Å². The zero-order valence-corrected chi connectivity index (χ0v) is 14.4. The van der Waals surface area contributed by atoms with Gasteiger partial charge < -0.3 is 20.4 Å². The monoisotopic (exact) mass is 351 g/mol. The minimum absolute atomic E-state index is 0.382. The number of rotatable bonds is 4. The molecule has 0 saturated carbocycles. The van der Waals surface area contributed by atoms with Gasteiger partial charge >= 0.3 is 5.97 Å². The Bertz CT molecular complexity index is 932. The zero-order valence-electron chi connectivity index (χ0n) is 13.6. The van der Waals surface area contributed by atoms with E-state index in [9.17, 15) is 4.79 Å². The van der Waals surface area contributed by atoms with Crippen LogP contribution in [-0.2, 0) is 9.53 Å². The summed E-state index contributed by atoms with van der Waals surface area (Å²) in [4.78, 5) is 15.4. The molecule has 3 rings (SSSR count). The van der Waals surface area contributed by atoms with Gasteiger partial charge in [0.15, 0.2) is 5.11 Å². The second kappa shape index (κ2) is 7.63. The van der Waals surface area contributed by atoms with Crippen LogP contribution in [0.25, 0.3) is 16.5 Å². The Labute approximate surface area is 150 Å². The van der Waals surface area contributed by atoms with Gasteiger partial charge in [-0.2, -0.15) is 0 Å². The molecule has 2 aromatic carbocycles. The first-order valence-corrected chi connectivity index (χ1v) is 8.07. The molecular weight excluding hydrogens is 334 g/mol. The van der Waals surface area contributed by atoms with E-state index in [1.807, 2.05) is 54.6 Å². The number of ether oxygens (including phenoxy) is 1. The number of H-pyrrole nitrogens is 1. The van der Waals surface area contributed by atoms with Gasteiger partial charge in [0, 0.05) is 34.6 Å². The Hall–Kier alpha value is -3.12. The molecule has 0 aliphatic heterocycles. The second-order valence-electron chi connectivity index (χ2n) is 5.26. The molecule has 5 nitrogen and oxygen atoms in total. The molecule has 25 heavy (non-hydrogen) atoms. The third kappa shape index (κ3) is 3.87. The van der Waals surface area contributed by atoms with E-state index in [2.05, 4.69) is 15.6 Å². The van der Waals surface area contributed by atoms with Crippen molar-refractivity contribution in [3.05, 3.63) is 72.6 Å². The highest BCUT2D eigenvalue weighted by Gasteiger charge is 2.16. The smallest absolute Gasteiger partial charge is 0.340 e. The Kier molecular flexibility index (Phi) is 5.11. The number of fused-ring (bicyclic) bond motifs is 1. The maximum absolute atomic E-state index is 12.2. The molecule has 0 fully saturated rings. The fourth-order valence-corrected chi connectivity index (χ4v) is 2.65. The van der Waals surface area contributed by atoms with Crippen LogP contribution >= 0.6 is 12.2 Å². The van der Waals surface area contributed by atoms with E-state index in [4.69, 9.17) is 17.0 Å². The number of carbonyl (C=O) groups is 1. The molecule has 0 aliphatic carbocycles. The molecule has 1 aromatic heterocycles. The highest BCUT2D eigenvalue weighted by atomic mass is 32.1. The molecule has 6 heteroatoms. The van der Waals surface area contributed by atoms with Crippen LogP contribution in [-0.4, -0.2) is 23.2 Å². The number of anilines is 1. The minimum Gasteiger partial charge on any atom is -0.465 e. The SMILES string of the molecule is COC(=O)/C(=C/NC(=S)Nc1ccccc1)c1c[nH]c2ccccc12. The maximum atomic E-state index is 12.2. The van der Waals surface area contributed by atoms with Crippen LogP contribution in [0, 0.1) is 0 Å². The molecule has 0 amide bonds. The van der Waals surface area contributed by atoms with E-state index in [1.54, 1.807) is 12.4 Å². The van der Waals surface area contributed by atoms with E-state index < -0.39 is 5.97 Å². The van der Waals surface area contributed by atoms with Crippen LogP contribution in [0.2, 0.25) is 0 Å². The Morgan fingerprint density at radius 2 is 1.84 bits per heavy atom. The summed E-state index contributed by atoms with van der Waals surface area (Å²) in [6, 6.07) is 17.3. The van der Waals surface area contributed by atoms with Gasteiger partial charge in [-0.15, -0.1) is 0 Å². The topological polar surface area (TPSA) is 66.2 Å². The van der Waals surface area contributed by atoms with Gasteiger partial charge in [0.1, 0.15) is 0 Å². The number of methoxy groups -OCH3 is 1. The van der Waals surface area contributed by atoms with Crippen molar-refractivity contribution in [3.8, 4) is 0 Å². The van der Waals surface area contributed by atoms with Gasteiger partial charge in [0.2, 0.25) is 0 Å². The van der Waals surface area contributed by atoms with Crippen molar-refractivity contribution in [1.29, 1.82) is 0 Å². The first kappa shape index (κ1) is 16.7. The normalized spacial score (nSPS) is 11.2. The van der Waals surface area contributed by atoms with Crippen molar-refractivity contribution >= 4 is 45.5 Å². The quantitative estimate of drug-likeness (QED) is 0.380. The lowest BCUT2D eigenvalue weighted by atomic mass is 10.1. The molecule has 0 radical (unpaired) electrons. The molecule has 0 atom stereocenters. The summed E-state index contributed by atoms with van der Waals surface area (Å²) in [5, 5.41) is 7.31. The largest absolute Gasteiger partial charge is 0.465 e. The van der Waals surface area contributed by atoms with Gasteiger partial charge in [0.05, 0.1) is 12.7 Å². The molecule has 0 spiro atoms. The second-order valence-corrected chi connectivity index (χ2v) is 5.67. The number of esters is 1. The summed E-state index contributed by atoms with van der Waals surface area (Å²) in [7, 11) is 1.35. The number of nitrogens with one attached hydrogen (secondary N) is 3. The zero-order chi connectivity index (χ0) is 17.6. The fourth-order valence-electron chi connectivity index (χ4n) is 2.48. The van der Waals surface area contributed by atoms with Crippen LogP contribution < -0.4 is 10.6 Å². The fraction of sp³-hybridized carbons (Fsp3) is 0.0526. The predicted molar refractivity (Wildman–Crippen MR) is 104 cm³/mol. The van der Waals surface area contributed by atoms with Gasteiger partial charge in [-0.3, -0.25) is 0 Å². The number of benzene rings is 2. The first-order chi connectivity index (χ1) is 12.2. The van der Waals surface area contributed by atoms with Crippen LogP contribution in [0.4, 0.5) is 5.69 Å². The highest BCUT2D eigenvalue weighted by Crippen LogP contribution is 2.25. The molecule has 3 N–H and O–H groups in total. The predicted octanol–water partition coefficient (Wildman–Crippen LogP) is 3.67. The number of aromatic nitrogens is 1. The Morgan fingerprint density at radius 1 is 1.12 bits per heavy atom. The maximum Gasteiger partial charge on any atom is 0.340 e. The molecule has 0 saturated heterocycles. The first-order valence-electron chi connectivity index (χ1n) is 7.66. The highest BCUT2D eigenvalue weighted by molar-refractivity contribution is 7.80. The third-order valence-corrected chi connectivity index (χ3v) is 3.88. The van der Waals surface area contributed by atoms with Crippen molar-refractivity contribution in [2.24, 2.45) is 0 Å². The lowest BCUT2D eigenvalue weighted by Crippen LogP contribution is -2.24.